The molecule has 6 heteroatoms. The van der Waals surface area contributed by atoms with Crippen LogP contribution < -0.4 is 0 Å². The Morgan fingerprint density at radius 2 is 1.60 bits per heavy atom. The molecule has 1 fully saturated rings. The van der Waals surface area contributed by atoms with Crippen molar-refractivity contribution in [3.8, 4) is 5.75 Å². The van der Waals surface area contributed by atoms with Crippen LogP contribution in [0.1, 0.15) is 16.7 Å². The summed E-state index contributed by atoms with van der Waals surface area (Å²) >= 11 is 0. The molecular formula is C14H22N2O3S. The summed E-state index contributed by atoms with van der Waals surface area (Å²) < 4.78 is 24.4. The van der Waals surface area contributed by atoms with Gasteiger partial charge in [-0.05, 0) is 30.5 Å². The Balaban J connectivity index is 2.00. The number of sulfonamides is 1. The Morgan fingerprint density at radius 3 is 2.05 bits per heavy atom. The lowest BCUT2D eigenvalue weighted by molar-refractivity contribution is 0.182. The van der Waals surface area contributed by atoms with E-state index in [2.05, 4.69) is 4.90 Å². The standard InChI is InChI=1S/C14H22N2O3S/c1-11-8-13(9-12(2)14(11)17)10-15-4-6-16(7-5-15)20(3,18)19/h8-9,17H,4-7,10H2,1-3H3. The fourth-order valence-electron chi connectivity index (χ4n) is 2.61. The summed E-state index contributed by atoms with van der Waals surface area (Å²) in [7, 11) is -3.07. The number of nitrogens with zero attached hydrogens (tertiary/aromatic N) is 2. The van der Waals surface area contributed by atoms with Crippen LogP contribution in [0.5, 0.6) is 5.75 Å². The molecule has 112 valence electrons. The van der Waals surface area contributed by atoms with E-state index in [9.17, 15) is 13.5 Å². The summed E-state index contributed by atoms with van der Waals surface area (Å²) in [6.07, 6.45) is 1.26. The lowest BCUT2D eigenvalue weighted by Gasteiger charge is -2.33. The highest BCUT2D eigenvalue weighted by Crippen LogP contribution is 2.23. The number of piperazine rings is 1. The van der Waals surface area contributed by atoms with Gasteiger partial charge in [0.05, 0.1) is 6.26 Å². The number of phenols is 1. The Labute approximate surface area is 120 Å². The van der Waals surface area contributed by atoms with Crippen LogP contribution in [-0.2, 0) is 16.6 Å². The van der Waals surface area contributed by atoms with E-state index in [0.717, 1.165) is 36.3 Å². The summed E-state index contributed by atoms with van der Waals surface area (Å²) in [6.45, 7) is 7.17. The van der Waals surface area contributed by atoms with Crippen molar-refractivity contribution in [3.63, 3.8) is 0 Å². The zero-order valence-electron chi connectivity index (χ0n) is 12.3. The zero-order valence-corrected chi connectivity index (χ0v) is 13.1. The Morgan fingerprint density at radius 1 is 1.10 bits per heavy atom. The van der Waals surface area contributed by atoms with Gasteiger partial charge in [-0.1, -0.05) is 12.1 Å². The molecule has 0 bridgehead atoms. The third-order valence-corrected chi connectivity index (χ3v) is 5.06. The topological polar surface area (TPSA) is 60.9 Å². The molecule has 0 spiro atoms. The molecule has 1 aromatic carbocycles. The number of benzene rings is 1. The molecule has 1 N–H and O–H groups in total. The summed E-state index contributed by atoms with van der Waals surface area (Å²) in [6, 6.07) is 3.98. The SMILES string of the molecule is Cc1cc(CN2CCN(S(C)(=O)=O)CC2)cc(C)c1O. The molecular weight excluding hydrogens is 276 g/mol. The predicted molar refractivity (Wildman–Crippen MR) is 79.3 cm³/mol. The fourth-order valence-corrected chi connectivity index (χ4v) is 3.44. The van der Waals surface area contributed by atoms with E-state index < -0.39 is 10.0 Å². The molecule has 1 heterocycles. The van der Waals surface area contributed by atoms with Gasteiger partial charge in [0.15, 0.2) is 0 Å². The van der Waals surface area contributed by atoms with Gasteiger partial charge in [-0.2, -0.15) is 4.31 Å². The van der Waals surface area contributed by atoms with Crippen LogP contribution in [0.3, 0.4) is 0 Å². The Bertz CT molecular complexity index is 567. The highest BCUT2D eigenvalue weighted by molar-refractivity contribution is 7.88. The highest BCUT2D eigenvalue weighted by atomic mass is 32.2. The summed E-state index contributed by atoms with van der Waals surface area (Å²) in [5.74, 6) is 0.357. The van der Waals surface area contributed by atoms with E-state index in [1.165, 1.54) is 10.6 Å². The van der Waals surface area contributed by atoms with Gasteiger partial charge in [0.1, 0.15) is 5.75 Å². The van der Waals surface area contributed by atoms with Gasteiger partial charge in [0, 0.05) is 32.7 Å². The first-order valence-electron chi connectivity index (χ1n) is 6.74. The molecule has 5 nitrogen and oxygen atoms in total. The monoisotopic (exact) mass is 298 g/mol. The molecule has 2 rings (SSSR count). The van der Waals surface area contributed by atoms with Gasteiger partial charge in [-0.15, -0.1) is 0 Å². The molecule has 20 heavy (non-hydrogen) atoms. The molecule has 1 aliphatic rings. The minimum atomic E-state index is -3.07. The third-order valence-electron chi connectivity index (χ3n) is 3.76. The van der Waals surface area contributed by atoms with Crippen LogP contribution >= 0.6 is 0 Å². The number of hydrogen-bond donors (Lipinski definition) is 1. The van der Waals surface area contributed by atoms with Crippen LogP contribution in [0.4, 0.5) is 0 Å². The number of aromatic hydroxyl groups is 1. The van der Waals surface area contributed by atoms with E-state index in [-0.39, 0.29) is 0 Å². The summed E-state index contributed by atoms with van der Waals surface area (Å²) in [5.41, 5.74) is 2.93. The quantitative estimate of drug-likeness (QED) is 0.907. The van der Waals surface area contributed by atoms with E-state index in [0.29, 0.717) is 18.8 Å². The van der Waals surface area contributed by atoms with Gasteiger partial charge in [-0.3, -0.25) is 4.90 Å². The molecule has 0 amide bonds. The average molecular weight is 298 g/mol. The van der Waals surface area contributed by atoms with Crippen molar-refractivity contribution in [3.05, 3.63) is 28.8 Å². The van der Waals surface area contributed by atoms with Crippen molar-refractivity contribution in [2.45, 2.75) is 20.4 Å². The highest BCUT2D eigenvalue weighted by Gasteiger charge is 2.23. The molecule has 0 aliphatic carbocycles. The van der Waals surface area contributed by atoms with Gasteiger partial charge in [-0.25, -0.2) is 8.42 Å². The molecule has 0 unspecified atom stereocenters. The molecule has 0 aromatic heterocycles. The van der Waals surface area contributed by atoms with E-state index >= 15 is 0 Å². The number of rotatable bonds is 3. The molecule has 1 saturated heterocycles. The lowest BCUT2D eigenvalue weighted by atomic mass is 10.1. The van der Waals surface area contributed by atoms with Crippen molar-refractivity contribution in [1.29, 1.82) is 0 Å². The minimum absolute atomic E-state index is 0.357. The second-order valence-corrected chi connectivity index (χ2v) is 7.50. The zero-order chi connectivity index (χ0) is 14.9. The van der Waals surface area contributed by atoms with E-state index in [1.807, 2.05) is 26.0 Å². The van der Waals surface area contributed by atoms with Crippen molar-refractivity contribution in [1.82, 2.24) is 9.21 Å². The van der Waals surface area contributed by atoms with E-state index in [1.54, 1.807) is 0 Å². The molecule has 0 atom stereocenters. The van der Waals surface area contributed by atoms with Crippen molar-refractivity contribution < 1.29 is 13.5 Å². The first-order chi connectivity index (χ1) is 9.27. The molecule has 0 radical (unpaired) electrons. The van der Waals surface area contributed by atoms with Gasteiger partial charge >= 0.3 is 0 Å². The number of hydrogen-bond acceptors (Lipinski definition) is 4. The Kier molecular flexibility index (Phi) is 4.36. The molecule has 0 saturated carbocycles. The number of phenolic OH excluding ortho intramolecular Hbond substituents is 1. The largest absolute Gasteiger partial charge is 0.507 e. The van der Waals surface area contributed by atoms with Crippen molar-refractivity contribution >= 4 is 10.0 Å². The van der Waals surface area contributed by atoms with Crippen LogP contribution in [0, 0.1) is 13.8 Å². The fraction of sp³-hybridized carbons (Fsp3) is 0.571. The average Bonchev–Trinajstić information content (AvgIpc) is 2.35. The normalized spacial score (nSPS) is 18.4. The lowest BCUT2D eigenvalue weighted by Crippen LogP contribution is -2.47. The second kappa shape index (κ2) is 5.71. The summed E-state index contributed by atoms with van der Waals surface area (Å²) in [4.78, 5) is 2.24. The Hall–Kier alpha value is -1.11. The van der Waals surface area contributed by atoms with Crippen LogP contribution in [0.25, 0.3) is 0 Å². The van der Waals surface area contributed by atoms with Gasteiger partial charge < -0.3 is 5.11 Å². The van der Waals surface area contributed by atoms with E-state index in [4.69, 9.17) is 0 Å². The predicted octanol–water partition coefficient (Wildman–Crippen LogP) is 1.09. The van der Waals surface area contributed by atoms with Crippen LogP contribution in [-0.4, -0.2) is 55.2 Å². The second-order valence-electron chi connectivity index (χ2n) is 5.52. The first-order valence-corrected chi connectivity index (χ1v) is 8.59. The van der Waals surface area contributed by atoms with Gasteiger partial charge in [0.25, 0.3) is 0 Å². The first kappa shape index (κ1) is 15.3. The number of aryl methyl sites for hydroxylation is 2. The smallest absolute Gasteiger partial charge is 0.211 e. The summed E-state index contributed by atoms with van der Waals surface area (Å²) in [5, 5.41) is 9.77. The maximum Gasteiger partial charge on any atom is 0.211 e. The van der Waals surface area contributed by atoms with Crippen molar-refractivity contribution in [2.24, 2.45) is 0 Å². The van der Waals surface area contributed by atoms with Crippen LogP contribution in [0.15, 0.2) is 12.1 Å². The molecule has 1 aromatic rings. The maximum absolute atomic E-state index is 11.5. The van der Waals surface area contributed by atoms with Gasteiger partial charge in [0.2, 0.25) is 10.0 Å². The van der Waals surface area contributed by atoms with Crippen LogP contribution in [0.2, 0.25) is 0 Å². The van der Waals surface area contributed by atoms with Crippen molar-refractivity contribution in [2.75, 3.05) is 32.4 Å². The third kappa shape index (κ3) is 3.50. The maximum atomic E-state index is 11.5. The molecule has 1 aliphatic heterocycles. The minimum Gasteiger partial charge on any atom is -0.507 e.